The highest BCUT2D eigenvalue weighted by Gasteiger charge is 2.40. The topological polar surface area (TPSA) is 98.8 Å². The van der Waals surface area contributed by atoms with Crippen molar-refractivity contribution >= 4 is 29.4 Å². The van der Waals surface area contributed by atoms with Gasteiger partial charge in [-0.2, -0.15) is 5.10 Å². The molecule has 0 aliphatic carbocycles. The molecular formula is C31H32N4O5S. The summed E-state index contributed by atoms with van der Waals surface area (Å²) in [5.74, 6) is 2.35. The Morgan fingerprint density at radius 2 is 1.88 bits per heavy atom. The van der Waals surface area contributed by atoms with Crippen molar-refractivity contribution in [1.29, 1.82) is 0 Å². The molecule has 2 aliphatic heterocycles. The van der Waals surface area contributed by atoms with Gasteiger partial charge in [-0.3, -0.25) is 14.5 Å². The summed E-state index contributed by atoms with van der Waals surface area (Å²) >= 11 is 1.53. The van der Waals surface area contributed by atoms with E-state index in [4.69, 9.17) is 19.0 Å². The molecule has 2 aromatic carbocycles. The molecule has 10 heteroatoms. The summed E-state index contributed by atoms with van der Waals surface area (Å²) < 4.78 is 18.4. The fourth-order valence-electron chi connectivity index (χ4n) is 5.08. The van der Waals surface area contributed by atoms with Gasteiger partial charge in [0.25, 0.3) is 0 Å². The van der Waals surface area contributed by atoms with Gasteiger partial charge in [0.2, 0.25) is 18.6 Å². The van der Waals surface area contributed by atoms with E-state index in [0.717, 1.165) is 28.1 Å². The van der Waals surface area contributed by atoms with Gasteiger partial charge in [0.1, 0.15) is 18.1 Å². The number of aryl methyl sites for hydroxylation is 1. The third-order valence-electron chi connectivity index (χ3n) is 7.12. The lowest BCUT2D eigenvalue weighted by atomic mass is 9.87. The second-order valence-electron chi connectivity index (χ2n) is 11.2. The molecule has 41 heavy (non-hydrogen) atoms. The van der Waals surface area contributed by atoms with Crippen molar-refractivity contribution in [1.82, 2.24) is 15.1 Å². The van der Waals surface area contributed by atoms with Crippen molar-refractivity contribution in [2.75, 3.05) is 24.0 Å². The molecule has 9 nitrogen and oxygen atoms in total. The van der Waals surface area contributed by atoms with E-state index in [1.807, 2.05) is 54.1 Å². The number of amides is 2. The van der Waals surface area contributed by atoms with Crippen LogP contribution < -0.4 is 19.7 Å². The Balaban J connectivity index is 1.50. The van der Waals surface area contributed by atoms with Crippen LogP contribution in [0.3, 0.4) is 0 Å². The van der Waals surface area contributed by atoms with Crippen molar-refractivity contribution in [3.63, 3.8) is 0 Å². The molecule has 2 aliphatic rings. The largest absolute Gasteiger partial charge is 0.467 e. The van der Waals surface area contributed by atoms with E-state index < -0.39 is 0 Å². The molecule has 1 N–H and O–H groups in total. The maximum atomic E-state index is 13.8. The van der Waals surface area contributed by atoms with Gasteiger partial charge in [-0.05, 0) is 48.9 Å². The normalized spacial score (nSPS) is 16.4. The third-order valence-corrected chi connectivity index (χ3v) is 8.37. The van der Waals surface area contributed by atoms with Crippen LogP contribution in [-0.2, 0) is 21.5 Å². The summed E-state index contributed by atoms with van der Waals surface area (Å²) in [5, 5.41) is 7.80. The van der Waals surface area contributed by atoms with Crippen molar-refractivity contribution < 1.29 is 23.5 Å². The number of furan rings is 1. The predicted octanol–water partition coefficient (Wildman–Crippen LogP) is 5.29. The SMILES string of the molecule is Cc1ccc(-n2nc(C(C)(C)C)c3c2N(CC(=O)NCc2ccco2)C(=O)CS[C@H]3c2ccc3c(c2)OCO3)cc1. The number of carbonyl (C=O) groups excluding carboxylic acids is 2. The molecular weight excluding hydrogens is 540 g/mol. The van der Waals surface area contributed by atoms with Crippen LogP contribution in [0.1, 0.15) is 54.2 Å². The number of hydrogen-bond acceptors (Lipinski definition) is 7. The van der Waals surface area contributed by atoms with Crippen molar-refractivity contribution in [2.45, 2.75) is 44.9 Å². The second-order valence-corrected chi connectivity index (χ2v) is 12.3. The van der Waals surface area contributed by atoms with Gasteiger partial charge in [-0.25, -0.2) is 4.68 Å². The molecule has 1 atom stereocenters. The summed E-state index contributed by atoms with van der Waals surface area (Å²) in [6, 6.07) is 17.5. The molecule has 212 valence electrons. The van der Waals surface area contributed by atoms with Gasteiger partial charge in [0, 0.05) is 11.0 Å². The predicted molar refractivity (Wildman–Crippen MR) is 157 cm³/mol. The number of nitrogens with one attached hydrogen (secondary N) is 1. The number of ether oxygens (including phenoxy) is 2. The number of rotatable bonds is 6. The number of nitrogens with zero attached hydrogens (tertiary/aromatic N) is 3. The lowest BCUT2D eigenvalue weighted by molar-refractivity contribution is -0.123. The third kappa shape index (κ3) is 5.31. The Kier molecular flexibility index (Phi) is 7.03. The van der Waals surface area contributed by atoms with Gasteiger partial charge in [0.15, 0.2) is 11.5 Å². The monoisotopic (exact) mass is 572 g/mol. The van der Waals surface area contributed by atoms with Crippen LogP contribution in [0.4, 0.5) is 5.82 Å². The maximum absolute atomic E-state index is 13.8. The van der Waals surface area contributed by atoms with Gasteiger partial charge in [0.05, 0.1) is 35.2 Å². The second kappa shape index (κ2) is 10.7. The van der Waals surface area contributed by atoms with Crippen molar-refractivity contribution in [3.8, 4) is 17.2 Å². The van der Waals surface area contributed by atoms with E-state index in [-0.39, 0.29) is 48.1 Å². The molecule has 4 aromatic rings. The van der Waals surface area contributed by atoms with Crippen LogP contribution >= 0.6 is 11.8 Å². The number of anilines is 1. The molecule has 2 aromatic heterocycles. The van der Waals surface area contributed by atoms with E-state index in [2.05, 4.69) is 26.1 Å². The molecule has 0 saturated carbocycles. The van der Waals surface area contributed by atoms with Crippen LogP contribution in [0.2, 0.25) is 0 Å². The molecule has 2 amide bonds. The molecule has 0 spiro atoms. The summed E-state index contributed by atoms with van der Waals surface area (Å²) in [6.07, 6.45) is 1.56. The molecule has 0 unspecified atom stereocenters. The first-order valence-electron chi connectivity index (χ1n) is 13.5. The molecule has 6 rings (SSSR count). The van der Waals surface area contributed by atoms with E-state index in [1.165, 1.54) is 11.8 Å². The van der Waals surface area contributed by atoms with Crippen LogP contribution in [-0.4, -0.2) is 40.7 Å². The van der Waals surface area contributed by atoms with Gasteiger partial charge >= 0.3 is 0 Å². The summed E-state index contributed by atoms with van der Waals surface area (Å²) in [5.41, 5.74) is 4.32. The minimum atomic E-state index is -0.351. The van der Waals surface area contributed by atoms with E-state index in [1.54, 1.807) is 23.3 Å². The number of aromatic nitrogens is 2. The van der Waals surface area contributed by atoms with E-state index in [9.17, 15) is 9.59 Å². The first kappa shape index (κ1) is 27.0. The lowest BCUT2D eigenvalue weighted by Crippen LogP contribution is -2.42. The van der Waals surface area contributed by atoms with Gasteiger partial charge < -0.3 is 19.2 Å². The maximum Gasteiger partial charge on any atom is 0.240 e. The zero-order chi connectivity index (χ0) is 28.7. The van der Waals surface area contributed by atoms with E-state index >= 15 is 0 Å². The Hall–Kier alpha value is -4.18. The Labute approximate surface area is 242 Å². The number of benzene rings is 2. The Bertz CT molecular complexity index is 1590. The number of fused-ring (bicyclic) bond motifs is 2. The standard InChI is InChI=1S/C31H32N4O5S/c1-19-7-10-21(11-8-19)35-30-27(29(33-35)31(2,3)4)28(20-9-12-23-24(14-20)40-18-39-23)41-17-26(37)34(30)16-25(36)32-15-22-6-5-13-38-22/h5-14,28H,15-18H2,1-4H3,(H,32,36)/t28-/m0/s1. The quantitative estimate of drug-likeness (QED) is 0.335. The number of hydrogen-bond donors (Lipinski definition) is 1. The molecule has 0 radical (unpaired) electrons. The molecule has 0 bridgehead atoms. The van der Waals surface area contributed by atoms with Crippen LogP contribution in [0, 0.1) is 6.92 Å². The minimum Gasteiger partial charge on any atom is -0.467 e. The van der Waals surface area contributed by atoms with Gasteiger partial charge in [-0.1, -0.05) is 44.5 Å². The van der Waals surface area contributed by atoms with Crippen molar-refractivity contribution in [3.05, 3.63) is 89.0 Å². The number of carbonyl (C=O) groups is 2. The van der Waals surface area contributed by atoms with E-state index in [0.29, 0.717) is 23.1 Å². The first-order valence-corrected chi connectivity index (χ1v) is 14.5. The van der Waals surface area contributed by atoms with Gasteiger partial charge in [-0.15, -0.1) is 11.8 Å². The molecule has 0 saturated heterocycles. The Morgan fingerprint density at radius 3 is 2.61 bits per heavy atom. The number of thioether (sulfide) groups is 1. The first-order chi connectivity index (χ1) is 19.7. The fraction of sp³-hybridized carbons (Fsp3) is 0.323. The molecule has 4 heterocycles. The van der Waals surface area contributed by atoms with Crippen LogP contribution in [0.15, 0.2) is 65.3 Å². The minimum absolute atomic E-state index is 0.151. The summed E-state index contributed by atoms with van der Waals surface area (Å²) in [6.45, 7) is 8.64. The van der Waals surface area contributed by atoms with Crippen LogP contribution in [0.5, 0.6) is 11.5 Å². The lowest BCUT2D eigenvalue weighted by Gasteiger charge is -2.24. The zero-order valence-electron chi connectivity index (χ0n) is 23.5. The average molecular weight is 573 g/mol. The fourth-order valence-corrected chi connectivity index (χ4v) is 6.26. The Morgan fingerprint density at radius 1 is 1.10 bits per heavy atom. The summed E-state index contributed by atoms with van der Waals surface area (Å²) in [4.78, 5) is 28.6. The average Bonchev–Trinajstić information content (AvgIpc) is 3.69. The smallest absolute Gasteiger partial charge is 0.240 e. The highest BCUT2D eigenvalue weighted by atomic mass is 32.2. The highest BCUT2D eigenvalue weighted by molar-refractivity contribution is 8.00. The van der Waals surface area contributed by atoms with Crippen molar-refractivity contribution in [2.24, 2.45) is 0 Å². The highest BCUT2D eigenvalue weighted by Crippen LogP contribution is 2.49. The summed E-state index contributed by atoms with van der Waals surface area (Å²) in [7, 11) is 0. The van der Waals surface area contributed by atoms with Crippen LogP contribution in [0.25, 0.3) is 5.69 Å². The molecule has 0 fully saturated rings. The zero-order valence-corrected chi connectivity index (χ0v) is 24.3.